The summed E-state index contributed by atoms with van der Waals surface area (Å²) in [6.45, 7) is 2.27. The minimum absolute atomic E-state index is 0.172. The second-order valence-corrected chi connectivity index (χ2v) is 6.09. The van der Waals surface area contributed by atoms with Crippen LogP contribution in [0.4, 0.5) is 0 Å². The molecule has 0 atom stereocenters. The number of aromatic nitrogens is 3. The van der Waals surface area contributed by atoms with E-state index >= 15 is 0 Å². The number of carbonyl (C=O) groups is 1. The van der Waals surface area contributed by atoms with Crippen molar-refractivity contribution in [1.29, 1.82) is 0 Å². The third kappa shape index (κ3) is 2.76. The van der Waals surface area contributed by atoms with Crippen LogP contribution >= 0.6 is 0 Å². The summed E-state index contributed by atoms with van der Waals surface area (Å²) in [4.78, 5) is 21.3. The van der Waals surface area contributed by atoms with Gasteiger partial charge in [-0.2, -0.15) is 0 Å². The van der Waals surface area contributed by atoms with Crippen molar-refractivity contribution in [2.75, 3.05) is 6.54 Å². The van der Waals surface area contributed by atoms with Gasteiger partial charge < -0.3 is 15.2 Å². The van der Waals surface area contributed by atoms with Crippen LogP contribution in [0.15, 0.2) is 36.7 Å². The molecule has 2 N–H and O–H groups in total. The molecule has 6 nitrogen and oxygen atoms in total. The van der Waals surface area contributed by atoms with Crippen LogP contribution < -0.4 is 10.6 Å². The first-order chi connectivity index (χ1) is 11.7. The molecule has 0 saturated heterocycles. The molecular formula is C18H19N5O. The highest BCUT2D eigenvalue weighted by atomic mass is 16.1. The van der Waals surface area contributed by atoms with E-state index in [-0.39, 0.29) is 5.91 Å². The van der Waals surface area contributed by atoms with Crippen molar-refractivity contribution < 1.29 is 4.79 Å². The number of rotatable bonds is 3. The van der Waals surface area contributed by atoms with E-state index in [1.54, 1.807) is 6.07 Å². The Bertz CT molecular complexity index is 915. The molecule has 4 heterocycles. The van der Waals surface area contributed by atoms with Crippen LogP contribution in [0.2, 0.25) is 0 Å². The summed E-state index contributed by atoms with van der Waals surface area (Å²) >= 11 is 0. The molecule has 0 unspecified atom stereocenters. The highest BCUT2D eigenvalue weighted by Crippen LogP contribution is 2.14. The van der Waals surface area contributed by atoms with Crippen LogP contribution in [0.25, 0.3) is 11.0 Å². The van der Waals surface area contributed by atoms with Crippen molar-refractivity contribution in [2.45, 2.75) is 19.5 Å². The molecule has 0 fully saturated rings. The zero-order valence-electron chi connectivity index (χ0n) is 13.5. The largest absolute Gasteiger partial charge is 0.347 e. The first-order valence-electron chi connectivity index (χ1n) is 8.08. The number of pyridine rings is 2. The predicted molar refractivity (Wildman–Crippen MR) is 91.5 cm³/mol. The van der Waals surface area contributed by atoms with Crippen LogP contribution in [-0.4, -0.2) is 27.0 Å². The molecule has 6 heteroatoms. The fourth-order valence-corrected chi connectivity index (χ4v) is 3.03. The van der Waals surface area contributed by atoms with Gasteiger partial charge in [-0.25, -0.2) is 4.98 Å². The third-order valence-corrected chi connectivity index (χ3v) is 4.37. The zero-order valence-corrected chi connectivity index (χ0v) is 13.5. The topological polar surface area (TPSA) is 71.8 Å². The molecule has 0 aliphatic carbocycles. The molecule has 0 aromatic carbocycles. The fraction of sp³-hybridized carbons (Fsp3) is 0.278. The predicted octanol–water partition coefficient (Wildman–Crippen LogP) is 1.54. The molecule has 24 heavy (non-hydrogen) atoms. The monoisotopic (exact) mass is 321 g/mol. The molecule has 0 radical (unpaired) electrons. The summed E-state index contributed by atoms with van der Waals surface area (Å²) < 4.78 is 1.91. The molecule has 1 aliphatic rings. The lowest BCUT2D eigenvalue weighted by atomic mass is 10.1. The highest BCUT2D eigenvalue weighted by Gasteiger charge is 2.12. The Morgan fingerprint density at radius 2 is 2.29 bits per heavy atom. The van der Waals surface area contributed by atoms with Gasteiger partial charge in [0.25, 0.3) is 5.91 Å². The summed E-state index contributed by atoms with van der Waals surface area (Å²) in [6, 6.07) is 7.77. The van der Waals surface area contributed by atoms with Gasteiger partial charge in [-0.15, -0.1) is 0 Å². The second-order valence-electron chi connectivity index (χ2n) is 6.09. The summed E-state index contributed by atoms with van der Waals surface area (Å²) in [5.41, 5.74) is 4.61. The lowest BCUT2D eigenvalue weighted by Gasteiger charge is -2.16. The Balaban J connectivity index is 1.48. The normalized spacial score (nSPS) is 13.7. The summed E-state index contributed by atoms with van der Waals surface area (Å²) in [5.74, 6) is -0.172. The van der Waals surface area contributed by atoms with E-state index in [1.807, 2.05) is 36.1 Å². The van der Waals surface area contributed by atoms with E-state index in [0.717, 1.165) is 41.8 Å². The van der Waals surface area contributed by atoms with Gasteiger partial charge in [0.1, 0.15) is 11.3 Å². The maximum atomic E-state index is 12.4. The van der Waals surface area contributed by atoms with Gasteiger partial charge in [-0.05, 0) is 35.4 Å². The number of amides is 1. The summed E-state index contributed by atoms with van der Waals surface area (Å²) in [6.07, 6.45) is 4.74. The number of hydrogen-bond donors (Lipinski definition) is 2. The van der Waals surface area contributed by atoms with Crippen LogP contribution in [0.3, 0.4) is 0 Å². The first-order valence-corrected chi connectivity index (χ1v) is 8.08. The van der Waals surface area contributed by atoms with E-state index < -0.39 is 0 Å². The third-order valence-electron chi connectivity index (χ3n) is 4.37. The number of hydrogen-bond acceptors (Lipinski definition) is 4. The lowest BCUT2D eigenvalue weighted by molar-refractivity contribution is 0.0946. The Morgan fingerprint density at radius 1 is 1.38 bits per heavy atom. The quantitative estimate of drug-likeness (QED) is 0.768. The number of aryl methyl sites for hydroxylation is 1. The molecule has 0 spiro atoms. The molecule has 0 saturated carbocycles. The zero-order chi connectivity index (χ0) is 16.5. The van der Waals surface area contributed by atoms with E-state index in [0.29, 0.717) is 12.2 Å². The SMILES string of the molecule is Cn1ccc2ccc(C(=O)NCc3cnc4c(c3)CNCC4)nc21. The molecule has 3 aromatic heterocycles. The van der Waals surface area contributed by atoms with Crippen LogP contribution in [0.1, 0.15) is 27.3 Å². The minimum Gasteiger partial charge on any atom is -0.347 e. The van der Waals surface area contributed by atoms with Gasteiger partial charge in [0.15, 0.2) is 0 Å². The van der Waals surface area contributed by atoms with E-state index in [2.05, 4.69) is 26.7 Å². The average Bonchev–Trinajstić information content (AvgIpc) is 3.00. The summed E-state index contributed by atoms with van der Waals surface area (Å²) in [7, 11) is 1.92. The average molecular weight is 321 g/mol. The van der Waals surface area contributed by atoms with Gasteiger partial charge in [0.2, 0.25) is 0 Å². The van der Waals surface area contributed by atoms with Gasteiger partial charge in [0, 0.05) is 56.6 Å². The molecule has 3 aromatic rings. The first kappa shape index (κ1) is 14.8. The highest BCUT2D eigenvalue weighted by molar-refractivity contribution is 5.94. The van der Waals surface area contributed by atoms with Crippen molar-refractivity contribution >= 4 is 16.9 Å². The standard InChI is InChI=1S/C18H19N5O/c1-23-7-5-13-2-3-16(22-17(13)23)18(24)21-10-12-8-14-11-19-6-4-15(14)20-9-12/h2-3,5,7-9,19H,4,6,10-11H2,1H3,(H,21,24). The summed E-state index contributed by atoms with van der Waals surface area (Å²) in [5, 5.41) is 7.29. The molecule has 1 amide bonds. The Labute approximate surface area is 139 Å². The smallest absolute Gasteiger partial charge is 0.270 e. The fourth-order valence-electron chi connectivity index (χ4n) is 3.03. The van der Waals surface area contributed by atoms with Crippen LogP contribution in [0, 0.1) is 0 Å². The lowest BCUT2D eigenvalue weighted by Crippen LogP contribution is -2.26. The van der Waals surface area contributed by atoms with Crippen molar-refractivity contribution in [3.05, 3.63) is 59.2 Å². The van der Waals surface area contributed by atoms with Crippen molar-refractivity contribution in [1.82, 2.24) is 25.2 Å². The maximum absolute atomic E-state index is 12.4. The second kappa shape index (κ2) is 6.05. The Kier molecular flexibility index (Phi) is 3.74. The maximum Gasteiger partial charge on any atom is 0.270 e. The van der Waals surface area contributed by atoms with Gasteiger partial charge in [-0.3, -0.25) is 9.78 Å². The van der Waals surface area contributed by atoms with Crippen molar-refractivity contribution in [2.24, 2.45) is 7.05 Å². The van der Waals surface area contributed by atoms with Crippen LogP contribution in [0.5, 0.6) is 0 Å². The van der Waals surface area contributed by atoms with Crippen molar-refractivity contribution in [3.8, 4) is 0 Å². The van der Waals surface area contributed by atoms with E-state index in [1.165, 1.54) is 5.56 Å². The Morgan fingerprint density at radius 3 is 3.21 bits per heavy atom. The van der Waals surface area contributed by atoms with E-state index in [4.69, 9.17) is 0 Å². The molecule has 4 rings (SSSR count). The molecule has 0 bridgehead atoms. The minimum atomic E-state index is -0.172. The number of nitrogens with one attached hydrogen (secondary N) is 2. The Hall–Kier alpha value is -2.73. The molecular weight excluding hydrogens is 302 g/mol. The molecule has 122 valence electrons. The number of nitrogens with zero attached hydrogens (tertiary/aromatic N) is 3. The van der Waals surface area contributed by atoms with E-state index in [9.17, 15) is 4.79 Å². The van der Waals surface area contributed by atoms with Crippen molar-refractivity contribution in [3.63, 3.8) is 0 Å². The van der Waals surface area contributed by atoms with Crippen LogP contribution in [-0.2, 0) is 26.6 Å². The van der Waals surface area contributed by atoms with Gasteiger partial charge in [0.05, 0.1) is 0 Å². The molecule has 1 aliphatic heterocycles. The van der Waals surface area contributed by atoms with Gasteiger partial charge >= 0.3 is 0 Å². The van der Waals surface area contributed by atoms with Gasteiger partial charge in [-0.1, -0.05) is 0 Å². The number of carbonyl (C=O) groups excluding carboxylic acids is 1. The number of fused-ring (bicyclic) bond motifs is 2.